The molecule has 0 aliphatic carbocycles. The molecule has 2 aromatic carbocycles. The third-order valence-electron chi connectivity index (χ3n) is 4.30. The van der Waals surface area contributed by atoms with E-state index in [0.717, 1.165) is 23.3 Å². The number of hydrogen-bond donors (Lipinski definition) is 1. The number of methoxy groups -OCH3 is 1. The van der Waals surface area contributed by atoms with Crippen molar-refractivity contribution in [3.05, 3.63) is 59.3 Å². The first-order valence-corrected chi connectivity index (χ1v) is 9.13. The largest absolute Gasteiger partial charge is 0.496 e. The number of H-pyrrole nitrogens is 1. The summed E-state index contributed by atoms with van der Waals surface area (Å²) in [4.78, 5) is 12.1. The summed E-state index contributed by atoms with van der Waals surface area (Å²) < 4.78 is 16.4. The number of carbonyl (C=O) groups excluding carboxylic acids is 1. The Morgan fingerprint density at radius 1 is 1.07 bits per heavy atom. The number of aryl methyl sites for hydroxylation is 1. The van der Waals surface area contributed by atoms with Crippen molar-refractivity contribution >= 4 is 5.97 Å². The van der Waals surface area contributed by atoms with Crippen LogP contribution in [0.3, 0.4) is 0 Å². The minimum atomic E-state index is -0.518. The molecule has 0 radical (unpaired) electrons. The highest BCUT2D eigenvalue weighted by atomic mass is 16.5. The van der Waals surface area contributed by atoms with Crippen LogP contribution in [0, 0.1) is 0 Å². The fraction of sp³-hybridized carbons (Fsp3) is 0.286. The maximum Gasteiger partial charge on any atom is 0.361 e. The predicted molar refractivity (Wildman–Crippen MR) is 104 cm³/mol. The third kappa shape index (κ3) is 4.31. The van der Waals surface area contributed by atoms with E-state index in [2.05, 4.69) is 22.3 Å². The second-order valence-corrected chi connectivity index (χ2v) is 6.05. The zero-order chi connectivity index (χ0) is 19.9. The Kier molecular flexibility index (Phi) is 6.26. The van der Waals surface area contributed by atoms with Crippen molar-refractivity contribution in [2.24, 2.45) is 0 Å². The van der Waals surface area contributed by atoms with E-state index in [-0.39, 0.29) is 12.3 Å². The molecule has 0 atom stereocenters. The summed E-state index contributed by atoms with van der Waals surface area (Å²) in [6.45, 7) is 4.44. The van der Waals surface area contributed by atoms with E-state index in [1.807, 2.05) is 42.5 Å². The molecule has 0 unspecified atom stereocenters. The van der Waals surface area contributed by atoms with Gasteiger partial charge >= 0.3 is 5.97 Å². The van der Waals surface area contributed by atoms with Crippen molar-refractivity contribution in [1.82, 2.24) is 15.4 Å². The lowest BCUT2D eigenvalue weighted by Crippen LogP contribution is -2.07. The van der Waals surface area contributed by atoms with Crippen LogP contribution in [-0.4, -0.2) is 35.1 Å². The number of nitrogens with zero attached hydrogens (tertiary/aromatic N) is 2. The summed E-state index contributed by atoms with van der Waals surface area (Å²) >= 11 is 0. The van der Waals surface area contributed by atoms with Crippen LogP contribution in [-0.2, 0) is 17.8 Å². The number of carbonyl (C=O) groups is 1. The molecular formula is C21H23N3O4. The van der Waals surface area contributed by atoms with Crippen molar-refractivity contribution in [2.45, 2.75) is 26.9 Å². The van der Waals surface area contributed by atoms with E-state index >= 15 is 0 Å². The fourth-order valence-electron chi connectivity index (χ4n) is 2.80. The monoisotopic (exact) mass is 381 g/mol. The number of aromatic nitrogens is 3. The number of rotatable bonds is 8. The van der Waals surface area contributed by atoms with Crippen LogP contribution in [0.4, 0.5) is 0 Å². The minimum absolute atomic E-state index is 0.147. The summed E-state index contributed by atoms with van der Waals surface area (Å²) in [7, 11) is 1.61. The quantitative estimate of drug-likeness (QED) is 0.597. The molecule has 0 fully saturated rings. The summed E-state index contributed by atoms with van der Waals surface area (Å²) in [5.41, 5.74) is 3.38. The standard InChI is InChI=1S/C21H23N3O4/c1-4-14-6-9-17(10-7-14)28-13-16-12-15(8-11-18(16)26-3)19-20(23-24-22-19)21(25)27-5-2/h6-12H,4-5,13H2,1-3H3,(H,22,23,24). The lowest BCUT2D eigenvalue weighted by molar-refractivity contribution is 0.0520. The molecule has 0 spiro atoms. The molecule has 28 heavy (non-hydrogen) atoms. The van der Waals surface area contributed by atoms with Gasteiger partial charge < -0.3 is 14.2 Å². The Morgan fingerprint density at radius 2 is 1.86 bits per heavy atom. The molecule has 1 heterocycles. The van der Waals surface area contributed by atoms with E-state index in [4.69, 9.17) is 14.2 Å². The molecule has 1 aromatic heterocycles. The van der Waals surface area contributed by atoms with Crippen molar-refractivity contribution in [2.75, 3.05) is 13.7 Å². The molecule has 1 N–H and O–H groups in total. The molecule has 0 amide bonds. The van der Waals surface area contributed by atoms with Crippen molar-refractivity contribution in [1.29, 1.82) is 0 Å². The number of benzene rings is 2. The number of nitrogens with one attached hydrogen (secondary N) is 1. The Morgan fingerprint density at radius 3 is 2.54 bits per heavy atom. The SMILES string of the molecule is CCOC(=O)c1n[nH]nc1-c1ccc(OC)c(COc2ccc(CC)cc2)c1. The van der Waals surface area contributed by atoms with Crippen molar-refractivity contribution in [3.8, 4) is 22.8 Å². The Bertz CT molecular complexity index is 935. The van der Waals surface area contributed by atoms with E-state index in [1.165, 1.54) is 5.56 Å². The smallest absolute Gasteiger partial charge is 0.361 e. The zero-order valence-corrected chi connectivity index (χ0v) is 16.2. The van der Waals surface area contributed by atoms with Gasteiger partial charge in [-0.1, -0.05) is 19.1 Å². The first-order valence-electron chi connectivity index (χ1n) is 9.13. The van der Waals surface area contributed by atoms with Gasteiger partial charge in [-0.2, -0.15) is 10.3 Å². The maximum absolute atomic E-state index is 12.1. The highest BCUT2D eigenvalue weighted by Gasteiger charge is 2.20. The molecule has 3 aromatic rings. The van der Waals surface area contributed by atoms with E-state index in [1.54, 1.807) is 14.0 Å². The highest BCUT2D eigenvalue weighted by Crippen LogP contribution is 2.28. The van der Waals surface area contributed by atoms with Crippen molar-refractivity contribution < 1.29 is 19.0 Å². The number of aromatic amines is 1. The average Bonchev–Trinajstić information content (AvgIpc) is 3.22. The first kappa shape index (κ1) is 19.4. The highest BCUT2D eigenvalue weighted by molar-refractivity contribution is 5.94. The van der Waals surface area contributed by atoms with Crippen molar-refractivity contribution in [3.63, 3.8) is 0 Å². The predicted octanol–water partition coefficient (Wildman–Crippen LogP) is 3.80. The molecule has 0 saturated heterocycles. The van der Waals surface area contributed by atoms with Gasteiger partial charge in [-0.25, -0.2) is 4.79 Å². The number of esters is 1. The number of ether oxygens (including phenoxy) is 3. The Balaban J connectivity index is 1.84. The molecule has 0 aliphatic rings. The van der Waals surface area contributed by atoms with Gasteiger partial charge in [0.2, 0.25) is 0 Å². The lowest BCUT2D eigenvalue weighted by atomic mass is 10.1. The Hall–Kier alpha value is -3.35. The second-order valence-electron chi connectivity index (χ2n) is 6.05. The first-order chi connectivity index (χ1) is 13.7. The molecule has 3 rings (SSSR count). The van der Waals surface area contributed by atoms with Crippen LogP contribution in [0.15, 0.2) is 42.5 Å². The molecular weight excluding hydrogens is 358 g/mol. The van der Waals surface area contributed by atoms with Gasteiger partial charge in [-0.3, -0.25) is 0 Å². The minimum Gasteiger partial charge on any atom is -0.496 e. The van der Waals surface area contributed by atoms with Crippen LogP contribution < -0.4 is 9.47 Å². The van der Waals surface area contributed by atoms with E-state index in [0.29, 0.717) is 18.1 Å². The third-order valence-corrected chi connectivity index (χ3v) is 4.30. The summed E-state index contributed by atoms with van der Waals surface area (Å²) in [6.07, 6.45) is 0.983. The van der Waals surface area contributed by atoms with Gasteiger partial charge in [0.15, 0.2) is 5.69 Å². The fourth-order valence-corrected chi connectivity index (χ4v) is 2.80. The number of hydrogen-bond acceptors (Lipinski definition) is 6. The zero-order valence-electron chi connectivity index (χ0n) is 16.2. The van der Waals surface area contributed by atoms with Gasteiger partial charge in [0.1, 0.15) is 23.8 Å². The van der Waals surface area contributed by atoms with Crippen LogP contribution >= 0.6 is 0 Å². The summed E-state index contributed by atoms with van der Waals surface area (Å²) in [5, 5.41) is 10.5. The van der Waals surface area contributed by atoms with Gasteiger partial charge in [-0.15, -0.1) is 5.10 Å². The Labute approximate surface area is 163 Å². The average molecular weight is 381 g/mol. The van der Waals surface area contributed by atoms with Crippen LogP contribution in [0.5, 0.6) is 11.5 Å². The summed E-state index contributed by atoms with van der Waals surface area (Å²) in [5.74, 6) is 0.948. The van der Waals surface area contributed by atoms with Gasteiger partial charge in [0.25, 0.3) is 0 Å². The summed E-state index contributed by atoms with van der Waals surface area (Å²) in [6, 6.07) is 13.5. The molecule has 0 saturated carbocycles. The second kappa shape index (κ2) is 9.03. The molecule has 7 heteroatoms. The lowest BCUT2D eigenvalue weighted by Gasteiger charge is -2.12. The molecule has 0 bridgehead atoms. The van der Waals surface area contributed by atoms with Gasteiger partial charge in [0, 0.05) is 11.1 Å². The van der Waals surface area contributed by atoms with Gasteiger partial charge in [-0.05, 0) is 49.2 Å². The maximum atomic E-state index is 12.1. The van der Waals surface area contributed by atoms with Crippen LogP contribution in [0.1, 0.15) is 35.5 Å². The van der Waals surface area contributed by atoms with Crippen LogP contribution in [0.25, 0.3) is 11.3 Å². The van der Waals surface area contributed by atoms with Gasteiger partial charge in [0.05, 0.1) is 13.7 Å². The normalized spacial score (nSPS) is 10.5. The van der Waals surface area contributed by atoms with E-state index in [9.17, 15) is 4.79 Å². The molecule has 146 valence electrons. The molecule has 7 nitrogen and oxygen atoms in total. The van der Waals surface area contributed by atoms with E-state index < -0.39 is 5.97 Å². The van der Waals surface area contributed by atoms with Crippen LogP contribution in [0.2, 0.25) is 0 Å². The molecule has 0 aliphatic heterocycles. The topological polar surface area (TPSA) is 86.3 Å².